The third-order valence-electron chi connectivity index (χ3n) is 2.03. The second kappa shape index (κ2) is 5.88. The topological polar surface area (TPSA) is 68.7 Å². The molecule has 0 saturated heterocycles. The van der Waals surface area contributed by atoms with Crippen LogP contribution >= 0.6 is 0 Å². The zero-order valence-electron chi connectivity index (χ0n) is 9.87. The summed E-state index contributed by atoms with van der Waals surface area (Å²) in [7, 11) is 1.03. The van der Waals surface area contributed by atoms with Crippen LogP contribution in [0.15, 0.2) is 6.07 Å². The van der Waals surface area contributed by atoms with E-state index in [4.69, 9.17) is 5.11 Å². The molecule has 0 saturated carbocycles. The number of carbonyl (C=O) groups is 1. The first-order chi connectivity index (χ1) is 9.14. The first kappa shape index (κ1) is 15.9. The number of carboxylic acid groups (broad SMARTS) is 1. The molecule has 10 heteroatoms. The zero-order valence-corrected chi connectivity index (χ0v) is 9.87. The van der Waals surface area contributed by atoms with Crippen LogP contribution in [-0.4, -0.2) is 29.5 Å². The molecule has 0 aromatic carbocycles. The lowest BCUT2D eigenvalue weighted by Crippen LogP contribution is -2.19. The van der Waals surface area contributed by atoms with E-state index in [1.807, 2.05) is 0 Å². The average molecular weight is 301 g/mol. The summed E-state index contributed by atoms with van der Waals surface area (Å²) in [6, 6.07) is 0.528. The van der Waals surface area contributed by atoms with Gasteiger partial charge in [-0.2, -0.15) is 0 Å². The predicted molar refractivity (Wildman–Crippen MR) is 53.8 cm³/mol. The van der Waals surface area contributed by atoms with E-state index in [1.165, 1.54) is 0 Å². The molecule has 0 bridgehead atoms. The van der Waals surface area contributed by atoms with Crippen molar-refractivity contribution in [2.45, 2.75) is 19.2 Å². The highest BCUT2D eigenvalue weighted by atomic mass is 19.4. The Morgan fingerprint density at radius 2 is 2.00 bits per heavy atom. The normalized spacial score (nSPS) is 11.6. The Morgan fingerprint density at radius 3 is 2.40 bits per heavy atom. The van der Waals surface area contributed by atoms with Gasteiger partial charge >= 0.3 is 12.3 Å². The van der Waals surface area contributed by atoms with Crippen LogP contribution in [0.5, 0.6) is 11.5 Å². The monoisotopic (exact) mass is 301 g/mol. The summed E-state index contributed by atoms with van der Waals surface area (Å²) in [6.07, 6.45) is -9.34. The van der Waals surface area contributed by atoms with Crippen molar-refractivity contribution in [2.24, 2.45) is 0 Å². The van der Waals surface area contributed by atoms with Crippen molar-refractivity contribution in [1.82, 2.24) is 4.98 Å². The van der Waals surface area contributed by atoms with E-state index < -0.39 is 48.1 Å². The van der Waals surface area contributed by atoms with Crippen LogP contribution in [-0.2, 0) is 11.2 Å². The van der Waals surface area contributed by atoms with E-state index in [9.17, 15) is 26.7 Å². The summed E-state index contributed by atoms with van der Waals surface area (Å²) in [5.74, 6) is -3.03. The molecular formula is C10H8F5NO4. The van der Waals surface area contributed by atoms with Gasteiger partial charge in [-0.3, -0.25) is 4.79 Å². The number of ether oxygens (including phenoxy) is 2. The smallest absolute Gasteiger partial charge is 0.495 e. The highest BCUT2D eigenvalue weighted by Gasteiger charge is 2.34. The minimum Gasteiger partial charge on any atom is -0.495 e. The summed E-state index contributed by atoms with van der Waals surface area (Å²) in [4.78, 5) is 13.7. The number of carboxylic acids is 1. The molecule has 0 spiro atoms. The fraction of sp³-hybridized carbons (Fsp3) is 0.400. The van der Waals surface area contributed by atoms with Gasteiger partial charge in [0.25, 0.3) is 6.43 Å². The van der Waals surface area contributed by atoms with Crippen LogP contribution in [0.25, 0.3) is 0 Å². The highest BCUT2D eigenvalue weighted by molar-refractivity contribution is 5.70. The van der Waals surface area contributed by atoms with Crippen LogP contribution in [0.1, 0.15) is 17.8 Å². The fourth-order valence-electron chi connectivity index (χ4n) is 1.34. The number of halogens is 5. The molecule has 0 radical (unpaired) electrons. The number of nitrogens with zero attached hydrogens (tertiary/aromatic N) is 1. The van der Waals surface area contributed by atoms with Crippen molar-refractivity contribution in [3.05, 3.63) is 17.5 Å². The van der Waals surface area contributed by atoms with Gasteiger partial charge in [0.15, 0.2) is 5.75 Å². The summed E-state index contributed by atoms with van der Waals surface area (Å²) in [6.45, 7) is 0. The van der Waals surface area contributed by atoms with E-state index in [0.29, 0.717) is 6.07 Å². The second-order valence-electron chi connectivity index (χ2n) is 3.44. The quantitative estimate of drug-likeness (QED) is 0.846. The summed E-state index contributed by atoms with van der Waals surface area (Å²) in [5.41, 5.74) is -1.73. The van der Waals surface area contributed by atoms with Gasteiger partial charge in [-0.15, -0.1) is 13.2 Å². The Kier molecular flexibility index (Phi) is 4.69. The van der Waals surface area contributed by atoms with Crippen molar-refractivity contribution in [1.29, 1.82) is 0 Å². The first-order valence-electron chi connectivity index (χ1n) is 4.97. The van der Waals surface area contributed by atoms with Crippen LogP contribution in [0.3, 0.4) is 0 Å². The first-order valence-corrected chi connectivity index (χ1v) is 4.97. The largest absolute Gasteiger partial charge is 0.573 e. The number of alkyl halides is 5. The van der Waals surface area contributed by atoms with Gasteiger partial charge in [0.1, 0.15) is 11.4 Å². The highest BCUT2D eigenvalue weighted by Crippen LogP contribution is 2.35. The molecule has 1 rings (SSSR count). The molecule has 1 heterocycles. The lowest BCUT2D eigenvalue weighted by atomic mass is 10.2. The Bertz CT molecular complexity index is 503. The molecule has 0 aliphatic carbocycles. The van der Waals surface area contributed by atoms with Crippen LogP contribution in [0, 0.1) is 0 Å². The lowest BCUT2D eigenvalue weighted by molar-refractivity contribution is -0.275. The predicted octanol–water partition coefficient (Wildman–Crippen LogP) is 2.55. The van der Waals surface area contributed by atoms with Crippen molar-refractivity contribution < 1.29 is 41.3 Å². The van der Waals surface area contributed by atoms with Crippen LogP contribution < -0.4 is 9.47 Å². The minimum absolute atomic E-state index is 0.393. The molecule has 0 unspecified atom stereocenters. The molecule has 0 aliphatic heterocycles. The third kappa shape index (κ3) is 4.21. The zero-order chi connectivity index (χ0) is 15.5. The molecule has 20 heavy (non-hydrogen) atoms. The molecule has 1 aromatic rings. The number of hydrogen-bond acceptors (Lipinski definition) is 4. The Morgan fingerprint density at radius 1 is 1.40 bits per heavy atom. The maximum absolute atomic E-state index is 12.7. The second-order valence-corrected chi connectivity index (χ2v) is 3.44. The molecular weight excluding hydrogens is 293 g/mol. The van der Waals surface area contributed by atoms with Crippen LogP contribution in [0.4, 0.5) is 22.0 Å². The lowest BCUT2D eigenvalue weighted by Gasteiger charge is -2.15. The van der Waals surface area contributed by atoms with Crippen LogP contribution in [0.2, 0.25) is 0 Å². The number of hydrogen-bond donors (Lipinski definition) is 1. The standard InChI is InChI=1S/C10H8F5NO4/c1-19-5-3-6(20-10(13,14)15)8(9(11)12)16-4(5)2-7(17)18/h3,9H,2H2,1H3,(H,17,18). The maximum Gasteiger partial charge on any atom is 0.573 e. The van der Waals surface area contributed by atoms with Crippen molar-refractivity contribution >= 4 is 5.97 Å². The summed E-state index contributed by atoms with van der Waals surface area (Å²) in [5, 5.41) is 8.58. The molecule has 0 aliphatic rings. The Labute approximate surface area is 108 Å². The van der Waals surface area contributed by atoms with Gasteiger partial charge in [-0.25, -0.2) is 13.8 Å². The Balaban J connectivity index is 3.33. The van der Waals surface area contributed by atoms with Gasteiger partial charge < -0.3 is 14.6 Å². The van der Waals surface area contributed by atoms with E-state index in [2.05, 4.69) is 14.5 Å². The van der Waals surface area contributed by atoms with Gasteiger partial charge in [0, 0.05) is 6.07 Å². The minimum atomic E-state index is -5.19. The van der Waals surface area contributed by atoms with Gasteiger partial charge in [0.05, 0.1) is 19.2 Å². The molecule has 1 N–H and O–H groups in total. The van der Waals surface area contributed by atoms with E-state index in [1.54, 1.807) is 0 Å². The number of aliphatic carboxylic acids is 1. The van der Waals surface area contributed by atoms with Gasteiger partial charge in [-0.1, -0.05) is 0 Å². The SMILES string of the molecule is COc1cc(OC(F)(F)F)c(C(F)F)nc1CC(=O)O. The summed E-state index contributed by atoms with van der Waals surface area (Å²) < 4.78 is 69.7. The summed E-state index contributed by atoms with van der Waals surface area (Å²) >= 11 is 0. The van der Waals surface area contributed by atoms with Gasteiger partial charge in [0.2, 0.25) is 0 Å². The van der Waals surface area contributed by atoms with E-state index in [0.717, 1.165) is 7.11 Å². The molecule has 112 valence electrons. The third-order valence-corrected chi connectivity index (χ3v) is 2.03. The van der Waals surface area contributed by atoms with Crippen molar-refractivity contribution in [3.63, 3.8) is 0 Å². The van der Waals surface area contributed by atoms with Crippen molar-refractivity contribution in [2.75, 3.05) is 7.11 Å². The fourth-order valence-corrected chi connectivity index (χ4v) is 1.34. The number of methoxy groups -OCH3 is 1. The number of pyridine rings is 1. The van der Waals surface area contributed by atoms with E-state index in [-0.39, 0.29) is 0 Å². The van der Waals surface area contributed by atoms with E-state index >= 15 is 0 Å². The van der Waals surface area contributed by atoms with Crippen molar-refractivity contribution in [3.8, 4) is 11.5 Å². The van der Waals surface area contributed by atoms with Gasteiger partial charge in [-0.05, 0) is 0 Å². The molecule has 0 atom stereocenters. The Hall–Kier alpha value is -2.13. The number of aromatic nitrogens is 1. The molecule has 0 fully saturated rings. The molecule has 1 aromatic heterocycles. The molecule has 0 amide bonds. The molecule has 5 nitrogen and oxygen atoms in total. The average Bonchev–Trinajstić information content (AvgIpc) is 2.27. The number of rotatable bonds is 5. The maximum atomic E-state index is 12.7.